The van der Waals surface area contributed by atoms with Crippen molar-refractivity contribution in [2.45, 2.75) is 17.7 Å². The third-order valence-electron chi connectivity index (χ3n) is 7.11. The van der Waals surface area contributed by atoms with Gasteiger partial charge in [-0.3, -0.25) is 0 Å². The Bertz CT molecular complexity index is 1030. The Morgan fingerprint density at radius 2 is 0.667 bits per heavy atom. The predicted octanol–water partition coefficient (Wildman–Crippen LogP) is 6.20. The highest BCUT2D eigenvalue weighted by molar-refractivity contribution is 7.77. The summed E-state index contributed by atoms with van der Waals surface area (Å²) in [5, 5.41) is 6.08. The topological polar surface area (TPSA) is 0 Å². The lowest BCUT2D eigenvalue weighted by molar-refractivity contribution is 0.695. The second-order valence-corrected chi connectivity index (χ2v) is 13.7. The van der Waals surface area contributed by atoms with Crippen LogP contribution >= 0.6 is 15.8 Å². The van der Waals surface area contributed by atoms with Crippen molar-refractivity contribution in [1.82, 2.24) is 0 Å². The molecule has 6 rings (SSSR count). The lowest BCUT2D eigenvalue weighted by Crippen LogP contribution is -2.37. The number of benzene rings is 4. The van der Waals surface area contributed by atoms with Crippen molar-refractivity contribution in [3.8, 4) is 0 Å². The minimum Gasteiger partial charge on any atom is -0.0844 e. The molecule has 0 spiro atoms. The molecular formula is C31H28P2. The van der Waals surface area contributed by atoms with E-state index < -0.39 is 15.8 Å². The average molecular weight is 463 g/mol. The molecule has 0 aromatic heterocycles. The largest absolute Gasteiger partial charge is 0.0844 e. The fourth-order valence-corrected chi connectivity index (χ4v) is 12.8. The standard InChI is InChI=1S/C31H28P2/c1-5-13-26(14-6-1)32(27-15-7-2-8-16-27)30-24-21-22-25(23-24)31(30)33(28-17-9-3-10-18-28)29-19-11-4-12-20-29/h1-22,24-25,30-31H,23H2/t24?,25?,30-,31-/m0/s1. The Morgan fingerprint density at radius 3 is 0.939 bits per heavy atom. The van der Waals surface area contributed by atoms with Crippen LogP contribution in [0.5, 0.6) is 0 Å². The quantitative estimate of drug-likeness (QED) is 0.237. The molecular weight excluding hydrogens is 434 g/mol. The van der Waals surface area contributed by atoms with Gasteiger partial charge in [0, 0.05) is 11.3 Å². The van der Waals surface area contributed by atoms with Gasteiger partial charge in [-0.15, -0.1) is 0 Å². The van der Waals surface area contributed by atoms with Crippen molar-refractivity contribution in [1.29, 1.82) is 0 Å². The molecule has 1 saturated carbocycles. The van der Waals surface area contributed by atoms with Crippen LogP contribution < -0.4 is 21.2 Å². The number of rotatable bonds is 6. The Balaban J connectivity index is 1.52. The van der Waals surface area contributed by atoms with Gasteiger partial charge >= 0.3 is 0 Å². The van der Waals surface area contributed by atoms with Gasteiger partial charge < -0.3 is 0 Å². The maximum Gasteiger partial charge on any atom is 0.00137 e. The first kappa shape index (κ1) is 21.0. The zero-order valence-corrected chi connectivity index (χ0v) is 20.4. The lowest BCUT2D eigenvalue weighted by Gasteiger charge is -2.40. The van der Waals surface area contributed by atoms with E-state index in [1.807, 2.05) is 0 Å². The second kappa shape index (κ2) is 9.38. The highest BCUT2D eigenvalue weighted by atomic mass is 31.1. The summed E-state index contributed by atoms with van der Waals surface area (Å²) < 4.78 is 0. The molecule has 2 bridgehead atoms. The van der Waals surface area contributed by atoms with Gasteiger partial charge in [-0.1, -0.05) is 133 Å². The molecule has 162 valence electrons. The second-order valence-electron chi connectivity index (χ2n) is 9.01. The molecule has 0 radical (unpaired) electrons. The average Bonchev–Trinajstić information content (AvgIpc) is 3.50. The van der Waals surface area contributed by atoms with Crippen LogP contribution in [0, 0.1) is 11.8 Å². The molecule has 4 atom stereocenters. The van der Waals surface area contributed by atoms with Crippen LogP contribution in [0.25, 0.3) is 0 Å². The number of hydrogen-bond donors (Lipinski definition) is 0. The molecule has 0 saturated heterocycles. The summed E-state index contributed by atoms with van der Waals surface area (Å²) in [6.45, 7) is 0. The van der Waals surface area contributed by atoms with Crippen molar-refractivity contribution in [3.63, 3.8) is 0 Å². The van der Waals surface area contributed by atoms with E-state index in [4.69, 9.17) is 0 Å². The summed E-state index contributed by atoms with van der Waals surface area (Å²) in [5.41, 5.74) is 1.32. The summed E-state index contributed by atoms with van der Waals surface area (Å²) in [7, 11) is -0.909. The molecule has 0 heterocycles. The van der Waals surface area contributed by atoms with Crippen LogP contribution in [-0.4, -0.2) is 11.3 Å². The normalized spacial score (nSPS) is 23.5. The van der Waals surface area contributed by atoms with Crippen LogP contribution in [0.3, 0.4) is 0 Å². The number of hydrogen-bond acceptors (Lipinski definition) is 0. The first-order valence-corrected chi connectivity index (χ1v) is 14.7. The van der Waals surface area contributed by atoms with Crippen LogP contribution in [0.1, 0.15) is 6.42 Å². The molecule has 2 unspecified atom stereocenters. The molecule has 0 N–H and O–H groups in total. The summed E-state index contributed by atoms with van der Waals surface area (Å²) >= 11 is 0. The molecule has 0 nitrogen and oxygen atoms in total. The fraction of sp³-hybridized carbons (Fsp3) is 0.161. The number of allylic oxidation sites excluding steroid dienone is 2. The molecule has 2 heteroatoms. The zero-order valence-electron chi connectivity index (χ0n) is 18.6. The maximum atomic E-state index is 2.55. The van der Waals surface area contributed by atoms with E-state index in [2.05, 4.69) is 133 Å². The van der Waals surface area contributed by atoms with Gasteiger partial charge in [0.15, 0.2) is 0 Å². The van der Waals surface area contributed by atoms with E-state index in [0.29, 0.717) is 23.2 Å². The van der Waals surface area contributed by atoms with Crippen LogP contribution in [0.2, 0.25) is 0 Å². The fourth-order valence-electron chi connectivity index (χ4n) is 5.80. The summed E-state index contributed by atoms with van der Waals surface area (Å²) in [6.07, 6.45) is 6.42. The van der Waals surface area contributed by atoms with E-state index in [-0.39, 0.29) is 0 Å². The van der Waals surface area contributed by atoms with Crippen molar-refractivity contribution in [2.24, 2.45) is 11.8 Å². The Hall–Kier alpha value is -2.52. The Kier molecular flexibility index (Phi) is 5.98. The van der Waals surface area contributed by atoms with Crippen molar-refractivity contribution in [2.75, 3.05) is 0 Å². The molecule has 4 aromatic rings. The van der Waals surface area contributed by atoms with Gasteiger partial charge in [-0.2, -0.15) is 0 Å². The van der Waals surface area contributed by atoms with Gasteiger partial charge in [0.25, 0.3) is 0 Å². The summed E-state index contributed by atoms with van der Waals surface area (Å²) in [5.74, 6) is 1.34. The molecule has 2 aliphatic carbocycles. The minimum atomic E-state index is -0.454. The van der Waals surface area contributed by atoms with Crippen LogP contribution in [-0.2, 0) is 0 Å². The third-order valence-corrected chi connectivity index (χ3v) is 13.4. The highest BCUT2D eigenvalue weighted by Crippen LogP contribution is 2.64. The van der Waals surface area contributed by atoms with E-state index in [1.54, 1.807) is 0 Å². The van der Waals surface area contributed by atoms with Gasteiger partial charge in [-0.05, 0) is 55.3 Å². The predicted molar refractivity (Wildman–Crippen MR) is 146 cm³/mol. The number of fused-ring (bicyclic) bond motifs is 2. The Morgan fingerprint density at radius 1 is 0.394 bits per heavy atom. The Labute approximate surface area is 199 Å². The van der Waals surface area contributed by atoms with Crippen molar-refractivity contribution >= 4 is 37.1 Å². The highest BCUT2D eigenvalue weighted by Gasteiger charge is 2.51. The molecule has 0 aliphatic heterocycles. The summed E-state index contributed by atoms with van der Waals surface area (Å²) in [4.78, 5) is 0. The van der Waals surface area contributed by atoms with E-state index in [0.717, 1.165) is 0 Å². The minimum absolute atomic E-state index is 0.454. The van der Waals surface area contributed by atoms with Crippen LogP contribution in [0.4, 0.5) is 0 Å². The van der Waals surface area contributed by atoms with E-state index in [9.17, 15) is 0 Å². The smallest absolute Gasteiger partial charge is 0.00137 e. The monoisotopic (exact) mass is 462 g/mol. The van der Waals surface area contributed by atoms with Gasteiger partial charge in [0.1, 0.15) is 0 Å². The molecule has 33 heavy (non-hydrogen) atoms. The van der Waals surface area contributed by atoms with E-state index in [1.165, 1.54) is 27.6 Å². The molecule has 4 aromatic carbocycles. The SMILES string of the molecule is C1=CC2CC1[C@H](P(c1ccccc1)c1ccccc1)[C@H]2P(c1ccccc1)c1ccccc1. The van der Waals surface area contributed by atoms with Crippen LogP contribution in [0.15, 0.2) is 133 Å². The van der Waals surface area contributed by atoms with Crippen molar-refractivity contribution in [3.05, 3.63) is 133 Å². The zero-order chi connectivity index (χ0) is 22.0. The first-order valence-electron chi connectivity index (χ1n) is 11.9. The third kappa shape index (κ3) is 4.01. The maximum absolute atomic E-state index is 2.55. The van der Waals surface area contributed by atoms with Gasteiger partial charge in [0.2, 0.25) is 0 Å². The lowest BCUT2D eigenvalue weighted by atomic mass is 10.1. The van der Waals surface area contributed by atoms with E-state index >= 15 is 0 Å². The molecule has 0 amide bonds. The first-order chi connectivity index (χ1) is 16.4. The van der Waals surface area contributed by atoms with Crippen molar-refractivity contribution < 1.29 is 0 Å². The van der Waals surface area contributed by atoms with Gasteiger partial charge in [0.05, 0.1) is 0 Å². The van der Waals surface area contributed by atoms with Gasteiger partial charge in [-0.25, -0.2) is 0 Å². The molecule has 1 fully saturated rings. The summed E-state index contributed by atoms with van der Waals surface area (Å²) in [6, 6.07) is 45.4. The molecule has 2 aliphatic rings.